The fourth-order valence-corrected chi connectivity index (χ4v) is 3.16. The molecule has 124 valence electrons. The molecule has 1 aliphatic heterocycles. The first-order valence-electron chi connectivity index (χ1n) is 7.72. The van der Waals surface area contributed by atoms with Crippen molar-refractivity contribution < 1.29 is 9.72 Å². The number of amides is 1. The number of rotatable bonds is 3. The lowest BCUT2D eigenvalue weighted by atomic mass is 10.0. The molecule has 1 aliphatic rings. The van der Waals surface area contributed by atoms with Gasteiger partial charge in [0.15, 0.2) is 0 Å². The van der Waals surface area contributed by atoms with E-state index in [1.807, 2.05) is 12.1 Å². The van der Waals surface area contributed by atoms with Crippen LogP contribution in [0.15, 0.2) is 42.7 Å². The number of benzene rings is 1. The Labute approximate surface area is 139 Å². The van der Waals surface area contributed by atoms with Crippen LogP contribution in [0.5, 0.6) is 0 Å². The lowest BCUT2D eigenvalue weighted by molar-refractivity contribution is -0.384. The Hall–Kier alpha value is -2.96. The number of nitrogens with two attached hydrogens (primary N) is 1. The number of anilines is 1. The first-order valence-corrected chi connectivity index (χ1v) is 7.72. The van der Waals surface area contributed by atoms with Gasteiger partial charge in [-0.2, -0.15) is 0 Å². The third kappa shape index (κ3) is 2.92. The topological polar surface area (TPSA) is 102 Å². The number of likely N-dealkylation sites (tertiary alicyclic amines) is 1. The zero-order chi connectivity index (χ0) is 17.3. The average molecular weight is 326 g/mol. The van der Waals surface area contributed by atoms with Crippen LogP contribution in [0.4, 0.5) is 11.4 Å². The van der Waals surface area contributed by atoms with Crippen LogP contribution in [0, 0.1) is 16.0 Å². The molecule has 1 aromatic carbocycles. The second-order valence-electron chi connectivity index (χ2n) is 6.13. The van der Waals surface area contributed by atoms with Crippen LogP contribution in [-0.4, -0.2) is 27.3 Å². The molecule has 2 N–H and O–H groups in total. The largest absolute Gasteiger partial charge is 0.398 e. The zero-order valence-corrected chi connectivity index (χ0v) is 13.3. The van der Waals surface area contributed by atoms with E-state index >= 15 is 0 Å². The van der Waals surface area contributed by atoms with Gasteiger partial charge in [-0.25, -0.2) is 0 Å². The van der Waals surface area contributed by atoms with Gasteiger partial charge >= 0.3 is 0 Å². The van der Waals surface area contributed by atoms with Crippen molar-refractivity contribution >= 4 is 17.3 Å². The molecule has 7 nitrogen and oxygen atoms in total. The molecule has 1 amide bonds. The van der Waals surface area contributed by atoms with E-state index in [0.717, 1.165) is 12.0 Å². The molecule has 3 rings (SSSR count). The summed E-state index contributed by atoms with van der Waals surface area (Å²) in [6.07, 6.45) is 4.26. The van der Waals surface area contributed by atoms with Crippen molar-refractivity contribution in [3.63, 3.8) is 0 Å². The van der Waals surface area contributed by atoms with Crippen LogP contribution >= 0.6 is 0 Å². The van der Waals surface area contributed by atoms with Gasteiger partial charge in [-0.15, -0.1) is 0 Å². The Morgan fingerprint density at radius 1 is 1.42 bits per heavy atom. The lowest BCUT2D eigenvalue weighted by Crippen LogP contribution is -2.31. The normalized spacial score (nSPS) is 20.1. The van der Waals surface area contributed by atoms with E-state index in [1.54, 1.807) is 17.3 Å². The van der Waals surface area contributed by atoms with Gasteiger partial charge in [-0.05, 0) is 30.0 Å². The van der Waals surface area contributed by atoms with Crippen molar-refractivity contribution in [2.75, 3.05) is 12.3 Å². The van der Waals surface area contributed by atoms with Crippen LogP contribution in [-0.2, 0) is 0 Å². The van der Waals surface area contributed by atoms with Crippen molar-refractivity contribution in [3.05, 3.63) is 64.0 Å². The van der Waals surface area contributed by atoms with Gasteiger partial charge in [0.05, 0.1) is 16.5 Å². The van der Waals surface area contributed by atoms with Gasteiger partial charge in [0.25, 0.3) is 11.6 Å². The smallest absolute Gasteiger partial charge is 0.270 e. The number of carbonyl (C=O) groups is 1. The summed E-state index contributed by atoms with van der Waals surface area (Å²) >= 11 is 0. The molecule has 0 aliphatic carbocycles. The van der Waals surface area contributed by atoms with Gasteiger partial charge in [-0.3, -0.25) is 19.9 Å². The molecule has 2 atom stereocenters. The fourth-order valence-electron chi connectivity index (χ4n) is 3.16. The van der Waals surface area contributed by atoms with Crippen molar-refractivity contribution in [2.24, 2.45) is 5.92 Å². The molecule has 0 bridgehead atoms. The Kier molecular flexibility index (Phi) is 4.16. The predicted octanol–water partition coefficient (Wildman–Crippen LogP) is 2.80. The molecule has 1 saturated heterocycles. The first kappa shape index (κ1) is 15.9. The molecule has 0 saturated carbocycles. The SMILES string of the molecule is C[C@H]1C[C@H](c2cccnc2)N(C(=O)c2cc([N+](=O)[O-])ccc2N)C1. The van der Waals surface area contributed by atoms with Gasteiger partial charge < -0.3 is 10.6 Å². The number of pyridine rings is 1. The molecule has 0 spiro atoms. The third-order valence-corrected chi connectivity index (χ3v) is 4.32. The molecular weight excluding hydrogens is 308 g/mol. The van der Waals surface area contributed by atoms with E-state index in [-0.39, 0.29) is 28.9 Å². The summed E-state index contributed by atoms with van der Waals surface area (Å²) in [7, 11) is 0. The number of aromatic nitrogens is 1. The summed E-state index contributed by atoms with van der Waals surface area (Å²) in [6, 6.07) is 7.64. The maximum atomic E-state index is 13.0. The third-order valence-electron chi connectivity index (χ3n) is 4.32. The maximum absolute atomic E-state index is 13.0. The van der Waals surface area contributed by atoms with Crippen molar-refractivity contribution in [3.8, 4) is 0 Å². The first-order chi connectivity index (χ1) is 11.5. The highest BCUT2D eigenvalue weighted by atomic mass is 16.6. The van der Waals surface area contributed by atoms with Gasteiger partial charge in [-0.1, -0.05) is 13.0 Å². The van der Waals surface area contributed by atoms with E-state index in [2.05, 4.69) is 11.9 Å². The highest BCUT2D eigenvalue weighted by Crippen LogP contribution is 2.36. The van der Waals surface area contributed by atoms with Crippen LogP contribution in [0.2, 0.25) is 0 Å². The number of carbonyl (C=O) groups excluding carboxylic acids is 1. The quantitative estimate of drug-likeness (QED) is 0.531. The van der Waals surface area contributed by atoms with Crippen LogP contribution in [0.3, 0.4) is 0 Å². The van der Waals surface area contributed by atoms with Crippen molar-refractivity contribution in [1.29, 1.82) is 0 Å². The fraction of sp³-hybridized carbons (Fsp3) is 0.294. The number of hydrogen-bond donors (Lipinski definition) is 1. The molecule has 7 heteroatoms. The van der Waals surface area contributed by atoms with Crippen molar-refractivity contribution in [2.45, 2.75) is 19.4 Å². The Morgan fingerprint density at radius 3 is 2.88 bits per heavy atom. The number of nitrogen functional groups attached to an aromatic ring is 1. The van der Waals surface area contributed by atoms with E-state index < -0.39 is 4.92 Å². The summed E-state index contributed by atoms with van der Waals surface area (Å²) in [5.41, 5.74) is 7.13. The summed E-state index contributed by atoms with van der Waals surface area (Å²) < 4.78 is 0. The van der Waals surface area contributed by atoms with Crippen LogP contribution < -0.4 is 5.73 Å². The Morgan fingerprint density at radius 2 is 2.21 bits per heavy atom. The number of nitrogens with zero attached hydrogens (tertiary/aromatic N) is 3. The molecule has 0 radical (unpaired) electrons. The predicted molar refractivity (Wildman–Crippen MR) is 89.3 cm³/mol. The minimum Gasteiger partial charge on any atom is -0.398 e. The second kappa shape index (κ2) is 6.27. The zero-order valence-electron chi connectivity index (χ0n) is 13.3. The van der Waals surface area contributed by atoms with E-state index in [0.29, 0.717) is 12.5 Å². The molecular formula is C17H18N4O3. The minimum absolute atomic E-state index is 0.0973. The monoisotopic (exact) mass is 326 g/mol. The highest BCUT2D eigenvalue weighted by molar-refractivity contribution is 6.00. The number of hydrogen-bond acceptors (Lipinski definition) is 5. The van der Waals surface area contributed by atoms with Crippen LogP contribution in [0.1, 0.15) is 35.3 Å². The minimum atomic E-state index is -0.526. The van der Waals surface area contributed by atoms with Crippen LogP contribution in [0.25, 0.3) is 0 Å². The molecule has 24 heavy (non-hydrogen) atoms. The molecule has 2 aromatic rings. The lowest BCUT2D eigenvalue weighted by Gasteiger charge is -2.25. The molecule has 0 unspecified atom stereocenters. The van der Waals surface area contributed by atoms with E-state index in [4.69, 9.17) is 5.73 Å². The Balaban J connectivity index is 1.96. The maximum Gasteiger partial charge on any atom is 0.270 e. The number of non-ortho nitro benzene ring substituents is 1. The van der Waals surface area contributed by atoms with Gasteiger partial charge in [0.1, 0.15) is 0 Å². The summed E-state index contributed by atoms with van der Waals surface area (Å²) in [6.45, 7) is 2.66. The average Bonchev–Trinajstić information content (AvgIpc) is 2.97. The second-order valence-corrected chi connectivity index (χ2v) is 6.13. The summed E-state index contributed by atoms with van der Waals surface area (Å²) in [4.78, 5) is 29.3. The molecule has 1 aromatic heterocycles. The molecule has 1 fully saturated rings. The number of nitro benzene ring substituents is 1. The summed E-state index contributed by atoms with van der Waals surface area (Å²) in [5, 5.41) is 11.0. The van der Waals surface area contributed by atoms with Gasteiger partial charge in [0.2, 0.25) is 0 Å². The number of nitro groups is 1. The summed E-state index contributed by atoms with van der Waals surface area (Å²) in [5.74, 6) is 0.0495. The highest BCUT2D eigenvalue weighted by Gasteiger charge is 2.35. The Bertz CT molecular complexity index is 779. The standard InChI is InChI=1S/C17H18N4O3/c1-11-7-16(12-3-2-6-19-9-12)20(10-11)17(22)14-8-13(21(23)24)4-5-15(14)18/h2-6,8-9,11,16H,7,10,18H2,1H3/t11-,16+/m0/s1. The molecule has 2 heterocycles. The van der Waals surface area contributed by atoms with E-state index in [9.17, 15) is 14.9 Å². The van der Waals surface area contributed by atoms with Crippen molar-refractivity contribution in [1.82, 2.24) is 9.88 Å². The van der Waals surface area contributed by atoms with E-state index in [1.165, 1.54) is 18.2 Å². The van der Waals surface area contributed by atoms with Gasteiger partial charge in [0, 0.05) is 36.8 Å².